The van der Waals surface area contributed by atoms with E-state index in [4.69, 9.17) is 17.2 Å². The lowest BCUT2D eigenvalue weighted by Crippen LogP contribution is -2.57. The van der Waals surface area contributed by atoms with E-state index in [-0.39, 0.29) is 30.0 Å². The van der Waals surface area contributed by atoms with Crippen LogP contribution in [0.1, 0.15) is 53.4 Å². The second-order valence-corrected chi connectivity index (χ2v) is 9.38. The van der Waals surface area contributed by atoms with Gasteiger partial charge in [0.25, 0.3) is 0 Å². The fraction of sp³-hybridized carbons (Fsp3) is 0.762. The van der Waals surface area contributed by atoms with Gasteiger partial charge in [0, 0.05) is 12.3 Å². The molecule has 0 radical (unpaired) electrons. The fourth-order valence-electron chi connectivity index (χ4n) is 3.07. The Hall–Kier alpha value is -2.54. The molecule has 0 aromatic rings. The van der Waals surface area contributed by atoms with E-state index < -0.39 is 47.9 Å². The molecule has 12 nitrogen and oxygen atoms in total. The highest BCUT2D eigenvalue weighted by atomic mass is 32.1. The molecule has 0 aromatic carbocycles. The molecule has 0 rings (SSSR count). The zero-order chi connectivity index (χ0) is 26.4. The average Bonchev–Trinajstić information content (AvgIpc) is 2.72. The number of guanidine groups is 1. The first-order valence-corrected chi connectivity index (χ1v) is 12.0. The Morgan fingerprint density at radius 2 is 1.29 bits per heavy atom. The lowest BCUT2D eigenvalue weighted by Gasteiger charge is -2.26. The Morgan fingerprint density at radius 3 is 1.68 bits per heavy atom. The van der Waals surface area contributed by atoms with Gasteiger partial charge in [0.2, 0.25) is 17.7 Å². The number of nitrogens with two attached hydrogens (primary N) is 3. The van der Waals surface area contributed by atoms with Crippen molar-refractivity contribution < 1.29 is 24.3 Å². The molecule has 0 saturated heterocycles. The van der Waals surface area contributed by atoms with Gasteiger partial charge in [0.15, 0.2) is 5.96 Å². The van der Waals surface area contributed by atoms with Crippen molar-refractivity contribution in [2.75, 3.05) is 12.3 Å². The number of carboxylic acid groups (broad SMARTS) is 1. The number of hydrogen-bond acceptors (Lipinski definition) is 7. The van der Waals surface area contributed by atoms with Gasteiger partial charge in [-0.2, -0.15) is 12.6 Å². The van der Waals surface area contributed by atoms with Gasteiger partial charge in [-0.15, -0.1) is 0 Å². The van der Waals surface area contributed by atoms with Gasteiger partial charge < -0.3 is 38.3 Å². The predicted molar refractivity (Wildman–Crippen MR) is 134 cm³/mol. The summed E-state index contributed by atoms with van der Waals surface area (Å²) >= 11 is 3.94. The summed E-state index contributed by atoms with van der Waals surface area (Å²) in [6.07, 6.45) is 1.41. The second kappa shape index (κ2) is 16.1. The minimum Gasteiger partial charge on any atom is -0.480 e. The maximum absolute atomic E-state index is 13.0. The van der Waals surface area contributed by atoms with Gasteiger partial charge in [-0.25, -0.2) is 4.79 Å². The number of carbonyl (C=O) groups is 4. The predicted octanol–water partition coefficient (Wildman–Crippen LogP) is -1.07. The summed E-state index contributed by atoms with van der Waals surface area (Å²) in [6.45, 7) is 7.85. The van der Waals surface area contributed by atoms with Crippen LogP contribution in [0.2, 0.25) is 0 Å². The minimum atomic E-state index is -1.23. The highest BCUT2D eigenvalue weighted by molar-refractivity contribution is 7.80. The van der Waals surface area contributed by atoms with Crippen LogP contribution in [0.15, 0.2) is 4.99 Å². The second-order valence-electron chi connectivity index (χ2n) is 9.02. The Bertz CT molecular complexity index is 714. The quantitative estimate of drug-likeness (QED) is 0.0560. The van der Waals surface area contributed by atoms with Crippen molar-refractivity contribution in [1.29, 1.82) is 0 Å². The first-order valence-electron chi connectivity index (χ1n) is 11.3. The van der Waals surface area contributed by atoms with Crippen LogP contribution in [0.25, 0.3) is 0 Å². The van der Waals surface area contributed by atoms with E-state index in [2.05, 4.69) is 33.6 Å². The lowest BCUT2D eigenvalue weighted by atomic mass is 9.99. The van der Waals surface area contributed by atoms with Gasteiger partial charge in [-0.1, -0.05) is 27.7 Å². The molecular formula is C21H41N7O5S. The normalized spacial score (nSPS) is 14.6. The summed E-state index contributed by atoms with van der Waals surface area (Å²) in [5.41, 5.74) is 16.5. The molecule has 0 spiro atoms. The number of hydrogen-bond donors (Lipinski definition) is 8. The average molecular weight is 504 g/mol. The van der Waals surface area contributed by atoms with E-state index >= 15 is 0 Å². The van der Waals surface area contributed by atoms with E-state index in [0.29, 0.717) is 25.8 Å². The lowest BCUT2D eigenvalue weighted by molar-refractivity contribution is -0.141. The molecule has 10 N–H and O–H groups in total. The van der Waals surface area contributed by atoms with Crippen LogP contribution in [-0.4, -0.2) is 71.2 Å². The maximum Gasteiger partial charge on any atom is 0.327 e. The van der Waals surface area contributed by atoms with Crippen LogP contribution in [0.3, 0.4) is 0 Å². The molecule has 0 aliphatic carbocycles. The Balaban J connectivity index is 5.31. The van der Waals surface area contributed by atoms with Gasteiger partial charge in [0.05, 0.1) is 6.04 Å². The molecule has 0 heterocycles. The van der Waals surface area contributed by atoms with E-state index in [1.807, 2.05) is 27.7 Å². The van der Waals surface area contributed by atoms with Gasteiger partial charge in [-0.3, -0.25) is 19.4 Å². The standard InChI is InChI=1S/C21H41N7O5S/c1-11(2)8-14(26-17(29)13(22)6-5-7-25-21(23)24)18(30)27-15(9-12(3)4)19(31)28-16(10-34)20(32)33/h11-16,34H,5-10,22H2,1-4H3,(H,26,29)(H,27,30)(H,28,31)(H,32,33)(H4,23,24,25). The largest absolute Gasteiger partial charge is 0.480 e. The number of carbonyl (C=O) groups excluding carboxylic acids is 3. The zero-order valence-electron chi connectivity index (χ0n) is 20.4. The maximum atomic E-state index is 13.0. The van der Waals surface area contributed by atoms with Gasteiger partial charge >= 0.3 is 5.97 Å². The summed E-state index contributed by atoms with van der Waals surface area (Å²) in [5.74, 6) is -2.96. The van der Waals surface area contributed by atoms with Crippen LogP contribution in [0.4, 0.5) is 0 Å². The first kappa shape index (κ1) is 31.5. The molecular weight excluding hydrogens is 462 g/mol. The van der Waals surface area contributed by atoms with Crippen molar-refractivity contribution in [2.45, 2.75) is 77.5 Å². The van der Waals surface area contributed by atoms with E-state index in [0.717, 1.165) is 0 Å². The highest BCUT2D eigenvalue weighted by Crippen LogP contribution is 2.10. The van der Waals surface area contributed by atoms with E-state index in [1.54, 1.807) is 0 Å². The highest BCUT2D eigenvalue weighted by Gasteiger charge is 2.30. The van der Waals surface area contributed by atoms with Crippen molar-refractivity contribution in [3.63, 3.8) is 0 Å². The number of rotatable bonds is 16. The third kappa shape index (κ3) is 13.2. The molecule has 0 aromatic heterocycles. The van der Waals surface area contributed by atoms with E-state index in [1.165, 1.54) is 0 Å². The van der Waals surface area contributed by atoms with Crippen molar-refractivity contribution in [3.8, 4) is 0 Å². The molecule has 0 bridgehead atoms. The molecule has 4 unspecified atom stereocenters. The van der Waals surface area contributed by atoms with Crippen molar-refractivity contribution in [1.82, 2.24) is 16.0 Å². The topological polar surface area (TPSA) is 215 Å². The van der Waals surface area contributed by atoms with Crippen molar-refractivity contribution in [2.24, 2.45) is 34.0 Å². The van der Waals surface area contributed by atoms with Crippen molar-refractivity contribution >= 4 is 42.3 Å². The minimum absolute atomic E-state index is 0.0344. The summed E-state index contributed by atoms with van der Waals surface area (Å²) in [7, 11) is 0. The molecule has 0 fully saturated rings. The Labute approximate surface area is 206 Å². The Kier molecular flexibility index (Phi) is 14.9. The van der Waals surface area contributed by atoms with Crippen molar-refractivity contribution in [3.05, 3.63) is 0 Å². The molecule has 0 aliphatic heterocycles. The van der Waals surface area contributed by atoms with Crippen LogP contribution >= 0.6 is 12.6 Å². The number of carboxylic acids is 1. The smallest absolute Gasteiger partial charge is 0.327 e. The fourth-order valence-corrected chi connectivity index (χ4v) is 3.31. The molecule has 3 amide bonds. The number of amides is 3. The molecule has 196 valence electrons. The third-order valence-electron chi connectivity index (χ3n) is 4.78. The van der Waals surface area contributed by atoms with Gasteiger partial charge in [-0.05, 0) is 37.5 Å². The Morgan fingerprint density at radius 1 is 0.853 bits per heavy atom. The summed E-state index contributed by atoms with van der Waals surface area (Å²) in [5, 5.41) is 16.9. The molecule has 34 heavy (non-hydrogen) atoms. The number of aliphatic imine (C=N–C) groups is 1. The third-order valence-corrected chi connectivity index (χ3v) is 5.15. The van der Waals surface area contributed by atoms with Crippen LogP contribution in [0, 0.1) is 11.8 Å². The summed E-state index contributed by atoms with van der Waals surface area (Å²) in [4.78, 5) is 53.4. The molecule has 4 atom stereocenters. The SMILES string of the molecule is CC(C)CC(NC(=O)C(N)CCCN=C(N)N)C(=O)NC(CC(C)C)C(=O)NC(CS)C(=O)O. The van der Waals surface area contributed by atoms with Crippen LogP contribution in [-0.2, 0) is 19.2 Å². The number of aliphatic carboxylic acids is 1. The van der Waals surface area contributed by atoms with E-state index in [9.17, 15) is 24.3 Å². The van der Waals surface area contributed by atoms with Gasteiger partial charge in [0.1, 0.15) is 18.1 Å². The zero-order valence-corrected chi connectivity index (χ0v) is 21.3. The van der Waals surface area contributed by atoms with Crippen LogP contribution < -0.4 is 33.2 Å². The number of nitrogens with zero attached hydrogens (tertiary/aromatic N) is 1. The first-order chi connectivity index (χ1) is 15.8. The van der Waals surface area contributed by atoms with Crippen LogP contribution in [0.5, 0.6) is 0 Å². The molecule has 0 saturated carbocycles. The summed E-state index contributed by atoms with van der Waals surface area (Å²) < 4.78 is 0. The molecule has 13 heteroatoms. The number of thiol groups is 1. The summed E-state index contributed by atoms with van der Waals surface area (Å²) in [6, 6.07) is -3.95. The number of nitrogens with one attached hydrogen (secondary N) is 3. The molecule has 0 aliphatic rings. The monoisotopic (exact) mass is 503 g/mol.